The van der Waals surface area contributed by atoms with Gasteiger partial charge in [0.2, 0.25) is 11.9 Å². The van der Waals surface area contributed by atoms with Crippen LogP contribution in [0.3, 0.4) is 0 Å². The number of nitrogens with zero attached hydrogens (tertiary/aromatic N) is 4. The first-order chi connectivity index (χ1) is 14.9. The topological polar surface area (TPSA) is 95.1 Å². The number of hydrogen-bond donors (Lipinski definition) is 3. The van der Waals surface area contributed by atoms with Crippen LogP contribution >= 0.6 is 0 Å². The number of carbonyl (C=O) groups excluding carboxylic acids is 1. The summed E-state index contributed by atoms with van der Waals surface area (Å²) < 4.78 is 0. The van der Waals surface area contributed by atoms with Crippen LogP contribution in [0.25, 0.3) is 0 Å². The minimum Gasteiger partial charge on any atom is -0.363 e. The molecule has 3 aromatic rings. The summed E-state index contributed by atoms with van der Waals surface area (Å²) in [5.74, 6) is 1.72. The third kappa shape index (κ3) is 6.81. The molecule has 0 radical (unpaired) electrons. The van der Waals surface area contributed by atoms with E-state index < -0.39 is 0 Å². The molecule has 3 N–H and O–H groups in total. The summed E-state index contributed by atoms with van der Waals surface area (Å²) in [6, 6.07) is 11.2. The summed E-state index contributed by atoms with van der Waals surface area (Å²) >= 11 is 0. The molecule has 2 aromatic heterocycles. The highest BCUT2D eigenvalue weighted by atomic mass is 16.1. The monoisotopic (exact) mass is 419 g/mol. The molecule has 8 nitrogen and oxygen atoms in total. The lowest BCUT2D eigenvalue weighted by molar-refractivity contribution is -0.111. The molecule has 0 spiro atoms. The van der Waals surface area contributed by atoms with Gasteiger partial charge in [0.15, 0.2) is 0 Å². The van der Waals surface area contributed by atoms with Crippen LogP contribution in [0, 0.1) is 6.92 Å². The predicted molar refractivity (Wildman–Crippen MR) is 129 cm³/mol. The van der Waals surface area contributed by atoms with Crippen molar-refractivity contribution < 1.29 is 4.79 Å². The Morgan fingerprint density at radius 3 is 2.39 bits per heavy atom. The number of aromatic nitrogens is 3. The van der Waals surface area contributed by atoms with Crippen LogP contribution in [0.5, 0.6) is 0 Å². The van der Waals surface area contributed by atoms with Crippen molar-refractivity contribution in [2.24, 2.45) is 0 Å². The van der Waals surface area contributed by atoms with E-state index in [-0.39, 0.29) is 5.91 Å². The largest absolute Gasteiger partial charge is 0.363 e. The second-order valence-electron chi connectivity index (χ2n) is 6.55. The van der Waals surface area contributed by atoms with Crippen molar-refractivity contribution in [3.05, 3.63) is 67.0 Å². The van der Waals surface area contributed by atoms with Crippen LogP contribution in [0.2, 0.25) is 0 Å². The van der Waals surface area contributed by atoms with Gasteiger partial charge in [0.25, 0.3) is 0 Å². The van der Waals surface area contributed by atoms with Crippen LogP contribution in [-0.2, 0) is 4.79 Å². The van der Waals surface area contributed by atoms with Gasteiger partial charge in [0.05, 0.1) is 11.9 Å². The molecular formula is C23H29N7O. The van der Waals surface area contributed by atoms with Gasteiger partial charge < -0.3 is 20.9 Å². The van der Waals surface area contributed by atoms with Crippen molar-refractivity contribution in [1.82, 2.24) is 15.0 Å². The number of rotatable bonds is 7. The highest BCUT2D eigenvalue weighted by Gasteiger charge is 2.07. The fourth-order valence-corrected chi connectivity index (χ4v) is 2.49. The molecule has 31 heavy (non-hydrogen) atoms. The first-order valence-electron chi connectivity index (χ1n) is 9.99. The fourth-order valence-electron chi connectivity index (χ4n) is 2.49. The minimum atomic E-state index is -0.263. The highest BCUT2D eigenvalue weighted by Crippen LogP contribution is 2.23. The molecule has 0 aliphatic rings. The molecular weight excluding hydrogens is 390 g/mol. The molecule has 1 amide bonds. The number of nitrogens with one attached hydrogen (secondary N) is 3. The zero-order valence-corrected chi connectivity index (χ0v) is 18.6. The number of hydrogen-bond acceptors (Lipinski definition) is 7. The Morgan fingerprint density at radius 2 is 1.74 bits per heavy atom. The molecule has 0 unspecified atom stereocenters. The third-order valence-corrected chi connectivity index (χ3v) is 4.01. The minimum absolute atomic E-state index is 0.263. The predicted octanol–water partition coefficient (Wildman–Crippen LogP) is 4.88. The molecule has 0 bridgehead atoms. The lowest BCUT2D eigenvalue weighted by Gasteiger charge is -2.13. The Hall–Kier alpha value is -3.94. The Labute approximate surface area is 183 Å². The second-order valence-corrected chi connectivity index (χ2v) is 6.55. The van der Waals surface area contributed by atoms with Crippen LogP contribution in [0.15, 0.2) is 61.4 Å². The van der Waals surface area contributed by atoms with E-state index in [0.717, 1.165) is 22.8 Å². The van der Waals surface area contributed by atoms with E-state index in [9.17, 15) is 4.79 Å². The fraction of sp³-hybridized carbons (Fsp3) is 0.217. The average Bonchev–Trinajstić information content (AvgIpc) is 2.78. The summed E-state index contributed by atoms with van der Waals surface area (Å²) in [4.78, 5) is 26.7. The summed E-state index contributed by atoms with van der Waals surface area (Å²) in [6.07, 6.45) is 4.70. The van der Waals surface area contributed by atoms with Crippen molar-refractivity contribution >= 4 is 40.6 Å². The average molecular weight is 420 g/mol. The van der Waals surface area contributed by atoms with Crippen LogP contribution in [0.1, 0.15) is 19.4 Å². The maximum Gasteiger partial charge on any atom is 0.247 e. The smallest absolute Gasteiger partial charge is 0.247 e. The second kappa shape index (κ2) is 11.3. The standard InChI is InChI=1S/C21H23N7O.C2H6/c1-5-19(29)24-15-7-6-8-16(11-15)25-20-14(2)12-23-21(27-20)26-17-9-10-18(22-13-17)28(3)4;1-2/h5-13H,1H2,2-4H3,(H,24,29)(H2,23,25,26,27);1-2H3. The molecule has 0 aliphatic heterocycles. The number of aryl methyl sites for hydroxylation is 1. The Bertz CT molecular complexity index is 1020. The van der Waals surface area contributed by atoms with Crippen LogP contribution in [0.4, 0.5) is 34.6 Å². The van der Waals surface area contributed by atoms with Gasteiger partial charge >= 0.3 is 0 Å². The molecule has 0 aliphatic carbocycles. The molecule has 162 valence electrons. The highest BCUT2D eigenvalue weighted by molar-refractivity contribution is 5.99. The molecule has 1 aromatic carbocycles. The first-order valence-corrected chi connectivity index (χ1v) is 9.99. The van der Waals surface area contributed by atoms with Gasteiger partial charge in [-0.2, -0.15) is 4.98 Å². The zero-order valence-electron chi connectivity index (χ0n) is 18.6. The van der Waals surface area contributed by atoms with Gasteiger partial charge in [-0.3, -0.25) is 4.79 Å². The van der Waals surface area contributed by atoms with E-state index in [2.05, 4.69) is 37.5 Å². The SMILES string of the molecule is C=CC(=O)Nc1cccc(Nc2nc(Nc3ccc(N(C)C)nc3)ncc2C)c1.CC. The lowest BCUT2D eigenvalue weighted by Crippen LogP contribution is -2.10. The van der Waals surface area contributed by atoms with Crippen molar-refractivity contribution in [2.45, 2.75) is 20.8 Å². The lowest BCUT2D eigenvalue weighted by atomic mass is 10.2. The summed E-state index contributed by atoms with van der Waals surface area (Å²) in [7, 11) is 3.88. The van der Waals surface area contributed by atoms with Gasteiger partial charge in [-0.15, -0.1) is 0 Å². The van der Waals surface area contributed by atoms with E-state index in [1.165, 1.54) is 6.08 Å². The molecule has 0 saturated heterocycles. The number of amides is 1. The Kier molecular flexibility index (Phi) is 8.51. The van der Waals surface area contributed by atoms with Crippen LogP contribution in [-0.4, -0.2) is 35.0 Å². The van der Waals surface area contributed by atoms with Crippen molar-refractivity contribution in [3.63, 3.8) is 0 Å². The van der Waals surface area contributed by atoms with Crippen molar-refractivity contribution in [3.8, 4) is 0 Å². The number of carbonyl (C=O) groups is 1. The van der Waals surface area contributed by atoms with Gasteiger partial charge in [-0.1, -0.05) is 26.5 Å². The van der Waals surface area contributed by atoms with Gasteiger partial charge in [-0.25, -0.2) is 9.97 Å². The summed E-state index contributed by atoms with van der Waals surface area (Å²) in [6.45, 7) is 9.38. The zero-order chi connectivity index (χ0) is 22.8. The van der Waals surface area contributed by atoms with Gasteiger partial charge in [0, 0.05) is 37.2 Å². The maximum absolute atomic E-state index is 11.5. The normalized spacial score (nSPS) is 9.71. The molecule has 8 heteroatoms. The number of anilines is 6. The van der Waals surface area contributed by atoms with E-state index in [1.54, 1.807) is 18.5 Å². The molecule has 3 rings (SSSR count). The molecule has 0 atom stereocenters. The Morgan fingerprint density at radius 1 is 1.00 bits per heavy atom. The summed E-state index contributed by atoms with van der Waals surface area (Å²) in [5.41, 5.74) is 3.13. The number of benzene rings is 1. The maximum atomic E-state index is 11.5. The van der Waals surface area contributed by atoms with Crippen molar-refractivity contribution in [2.75, 3.05) is 34.9 Å². The van der Waals surface area contributed by atoms with Gasteiger partial charge in [-0.05, 0) is 43.3 Å². The Balaban J connectivity index is 0.00000166. The summed E-state index contributed by atoms with van der Waals surface area (Å²) in [5, 5.41) is 9.16. The third-order valence-electron chi connectivity index (χ3n) is 4.01. The van der Waals surface area contributed by atoms with Crippen LogP contribution < -0.4 is 20.9 Å². The molecule has 0 fully saturated rings. The number of pyridine rings is 1. The molecule has 2 heterocycles. The van der Waals surface area contributed by atoms with Gasteiger partial charge in [0.1, 0.15) is 11.6 Å². The van der Waals surface area contributed by atoms with E-state index in [4.69, 9.17) is 0 Å². The van der Waals surface area contributed by atoms with E-state index in [1.807, 2.05) is 70.1 Å². The quantitative estimate of drug-likeness (QED) is 0.470. The molecule has 0 saturated carbocycles. The van der Waals surface area contributed by atoms with E-state index >= 15 is 0 Å². The van der Waals surface area contributed by atoms with Crippen molar-refractivity contribution in [1.29, 1.82) is 0 Å². The van der Waals surface area contributed by atoms with E-state index in [0.29, 0.717) is 17.5 Å². The first kappa shape index (κ1) is 23.3.